The number of benzene rings is 1. The Morgan fingerprint density at radius 1 is 1.28 bits per heavy atom. The SMILES string of the molecule is O=S(=O)(NCc1nc(C2CCSCC2)no1)c1ccc2c(c1)CCO2. The van der Waals surface area contributed by atoms with Crippen molar-refractivity contribution >= 4 is 21.8 Å². The lowest BCUT2D eigenvalue weighted by Crippen LogP contribution is -2.23. The minimum absolute atomic E-state index is 0.00954. The molecule has 0 atom stereocenters. The molecular formula is C16H19N3O4S2. The molecule has 2 aromatic rings. The fraction of sp³-hybridized carbons (Fsp3) is 0.500. The van der Waals surface area contributed by atoms with Gasteiger partial charge in [-0.05, 0) is 48.1 Å². The lowest BCUT2D eigenvalue weighted by atomic mass is 10.0. The molecule has 0 bridgehead atoms. The van der Waals surface area contributed by atoms with Crippen LogP contribution in [0.4, 0.5) is 0 Å². The van der Waals surface area contributed by atoms with Gasteiger partial charge >= 0.3 is 0 Å². The van der Waals surface area contributed by atoms with Gasteiger partial charge in [0.25, 0.3) is 0 Å². The molecule has 9 heteroatoms. The van der Waals surface area contributed by atoms with Crippen LogP contribution >= 0.6 is 11.8 Å². The summed E-state index contributed by atoms with van der Waals surface area (Å²) < 4.78 is 38.1. The number of fused-ring (bicyclic) bond motifs is 1. The van der Waals surface area contributed by atoms with Crippen LogP contribution in [-0.4, -0.2) is 36.7 Å². The van der Waals surface area contributed by atoms with Crippen molar-refractivity contribution in [3.63, 3.8) is 0 Å². The normalized spacial score (nSPS) is 18.1. The van der Waals surface area contributed by atoms with Gasteiger partial charge in [-0.2, -0.15) is 16.7 Å². The number of thioether (sulfide) groups is 1. The van der Waals surface area contributed by atoms with E-state index in [-0.39, 0.29) is 11.4 Å². The van der Waals surface area contributed by atoms with Gasteiger partial charge in [-0.25, -0.2) is 13.1 Å². The van der Waals surface area contributed by atoms with Crippen LogP contribution < -0.4 is 9.46 Å². The van der Waals surface area contributed by atoms with Crippen LogP contribution in [0.25, 0.3) is 0 Å². The number of ether oxygens (including phenoxy) is 1. The number of sulfonamides is 1. The van der Waals surface area contributed by atoms with E-state index < -0.39 is 10.0 Å². The molecule has 134 valence electrons. The second kappa shape index (κ2) is 6.97. The van der Waals surface area contributed by atoms with E-state index in [9.17, 15) is 8.42 Å². The highest BCUT2D eigenvalue weighted by atomic mass is 32.2. The molecule has 1 saturated heterocycles. The Morgan fingerprint density at radius 3 is 2.96 bits per heavy atom. The molecule has 1 fully saturated rings. The number of hydrogen-bond donors (Lipinski definition) is 1. The van der Waals surface area contributed by atoms with Crippen molar-refractivity contribution in [1.29, 1.82) is 0 Å². The van der Waals surface area contributed by atoms with Gasteiger partial charge < -0.3 is 9.26 Å². The quantitative estimate of drug-likeness (QED) is 0.847. The van der Waals surface area contributed by atoms with Crippen molar-refractivity contribution in [2.45, 2.75) is 36.6 Å². The van der Waals surface area contributed by atoms with E-state index in [1.165, 1.54) is 0 Å². The maximum atomic E-state index is 12.5. The molecule has 3 heterocycles. The minimum Gasteiger partial charge on any atom is -0.493 e. The van der Waals surface area contributed by atoms with Crippen LogP contribution in [0.1, 0.15) is 36.0 Å². The summed E-state index contributed by atoms with van der Waals surface area (Å²) in [5.74, 6) is 4.25. The third kappa shape index (κ3) is 3.68. The topological polar surface area (TPSA) is 94.3 Å². The average Bonchev–Trinajstić information content (AvgIpc) is 3.29. The first-order valence-electron chi connectivity index (χ1n) is 8.27. The van der Waals surface area contributed by atoms with E-state index in [0.29, 0.717) is 24.2 Å². The van der Waals surface area contributed by atoms with E-state index in [1.54, 1.807) is 18.2 Å². The maximum absolute atomic E-state index is 12.5. The molecule has 0 radical (unpaired) electrons. The molecule has 4 rings (SSSR count). The van der Waals surface area contributed by atoms with E-state index in [4.69, 9.17) is 9.26 Å². The molecular weight excluding hydrogens is 362 g/mol. The van der Waals surface area contributed by atoms with Gasteiger partial charge in [0.1, 0.15) is 5.75 Å². The van der Waals surface area contributed by atoms with Crippen molar-refractivity contribution in [1.82, 2.24) is 14.9 Å². The Labute approximate surface area is 150 Å². The summed E-state index contributed by atoms with van der Waals surface area (Å²) in [5.41, 5.74) is 0.915. The summed E-state index contributed by atoms with van der Waals surface area (Å²) >= 11 is 1.93. The highest BCUT2D eigenvalue weighted by Crippen LogP contribution is 2.30. The van der Waals surface area contributed by atoms with Crippen LogP contribution in [0.5, 0.6) is 5.75 Å². The second-order valence-corrected chi connectivity index (χ2v) is 9.12. The average molecular weight is 381 g/mol. The van der Waals surface area contributed by atoms with Gasteiger partial charge in [-0.15, -0.1) is 0 Å². The van der Waals surface area contributed by atoms with Crippen LogP contribution in [0.3, 0.4) is 0 Å². The molecule has 0 spiro atoms. The summed E-state index contributed by atoms with van der Waals surface area (Å²) in [6, 6.07) is 4.90. The van der Waals surface area contributed by atoms with Gasteiger partial charge in [0.2, 0.25) is 15.9 Å². The number of aromatic nitrogens is 2. The molecule has 0 amide bonds. The smallest absolute Gasteiger partial charge is 0.241 e. The third-order valence-corrected chi connectivity index (χ3v) is 6.90. The number of nitrogens with zero attached hydrogens (tertiary/aromatic N) is 2. The second-order valence-electron chi connectivity index (χ2n) is 6.13. The zero-order valence-electron chi connectivity index (χ0n) is 13.6. The van der Waals surface area contributed by atoms with Crippen LogP contribution in [0, 0.1) is 0 Å². The molecule has 0 aliphatic carbocycles. The first-order chi connectivity index (χ1) is 12.1. The Bertz CT molecular complexity index is 860. The van der Waals surface area contributed by atoms with Crippen LogP contribution in [0.2, 0.25) is 0 Å². The van der Waals surface area contributed by atoms with Gasteiger partial charge in [-0.3, -0.25) is 0 Å². The Kier molecular flexibility index (Phi) is 4.70. The number of nitrogens with one attached hydrogen (secondary N) is 1. The summed E-state index contributed by atoms with van der Waals surface area (Å²) in [7, 11) is -3.63. The number of hydrogen-bond acceptors (Lipinski definition) is 7. The van der Waals surface area contributed by atoms with Gasteiger partial charge in [-0.1, -0.05) is 5.16 Å². The zero-order valence-corrected chi connectivity index (χ0v) is 15.2. The van der Waals surface area contributed by atoms with Crippen molar-refractivity contribution in [2.75, 3.05) is 18.1 Å². The number of rotatable bonds is 5. The largest absolute Gasteiger partial charge is 0.493 e. The van der Waals surface area contributed by atoms with Crippen molar-refractivity contribution in [3.05, 3.63) is 35.5 Å². The molecule has 2 aliphatic rings. The maximum Gasteiger partial charge on any atom is 0.241 e. The molecule has 2 aliphatic heterocycles. The standard InChI is InChI=1S/C16H19N3O4S2/c20-25(21,13-1-2-14-12(9-13)3-6-22-14)17-10-15-18-16(19-23-15)11-4-7-24-8-5-11/h1-2,9,11,17H,3-8,10H2. The van der Waals surface area contributed by atoms with Gasteiger partial charge in [0, 0.05) is 12.3 Å². The zero-order chi connectivity index (χ0) is 17.3. The summed E-state index contributed by atoms with van der Waals surface area (Å²) in [6.07, 6.45) is 2.80. The Morgan fingerprint density at radius 2 is 2.12 bits per heavy atom. The first kappa shape index (κ1) is 16.9. The Balaban J connectivity index is 1.42. The van der Waals surface area contributed by atoms with Gasteiger partial charge in [0.05, 0.1) is 18.0 Å². The van der Waals surface area contributed by atoms with Crippen LogP contribution in [0.15, 0.2) is 27.6 Å². The van der Waals surface area contributed by atoms with E-state index in [1.807, 2.05) is 11.8 Å². The molecule has 0 saturated carbocycles. The summed E-state index contributed by atoms with van der Waals surface area (Å²) in [4.78, 5) is 4.58. The molecule has 1 N–H and O–H groups in total. The van der Waals surface area contributed by atoms with E-state index in [0.717, 1.165) is 42.1 Å². The van der Waals surface area contributed by atoms with E-state index in [2.05, 4.69) is 14.9 Å². The summed E-state index contributed by atoms with van der Waals surface area (Å²) in [6.45, 7) is 0.584. The molecule has 1 aromatic heterocycles. The highest BCUT2D eigenvalue weighted by molar-refractivity contribution is 7.99. The lowest BCUT2D eigenvalue weighted by molar-refractivity contribution is 0.356. The predicted octanol–water partition coefficient (Wildman–Crippen LogP) is 2.09. The monoisotopic (exact) mass is 381 g/mol. The third-order valence-electron chi connectivity index (χ3n) is 4.45. The van der Waals surface area contributed by atoms with Crippen LogP contribution in [-0.2, 0) is 23.0 Å². The highest BCUT2D eigenvalue weighted by Gasteiger charge is 2.23. The molecule has 1 aromatic carbocycles. The first-order valence-corrected chi connectivity index (χ1v) is 10.9. The molecule has 7 nitrogen and oxygen atoms in total. The van der Waals surface area contributed by atoms with Crippen molar-refractivity contribution in [3.8, 4) is 5.75 Å². The predicted molar refractivity (Wildman–Crippen MR) is 93.3 cm³/mol. The fourth-order valence-electron chi connectivity index (χ4n) is 3.03. The molecule has 25 heavy (non-hydrogen) atoms. The van der Waals surface area contributed by atoms with Gasteiger partial charge in [0.15, 0.2) is 5.82 Å². The van der Waals surface area contributed by atoms with Crippen molar-refractivity contribution in [2.24, 2.45) is 0 Å². The van der Waals surface area contributed by atoms with Crippen molar-refractivity contribution < 1.29 is 17.7 Å². The minimum atomic E-state index is -3.63. The Hall–Kier alpha value is -1.58. The fourth-order valence-corrected chi connectivity index (χ4v) is 5.16. The lowest BCUT2D eigenvalue weighted by Gasteiger charge is -2.17. The summed E-state index contributed by atoms with van der Waals surface area (Å²) in [5, 5.41) is 4.01. The molecule has 0 unspecified atom stereocenters. The van der Waals surface area contributed by atoms with E-state index >= 15 is 0 Å².